The molecule has 18 heavy (non-hydrogen) atoms. The molecule has 3 heteroatoms. The van der Waals surface area contributed by atoms with Crippen molar-refractivity contribution >= 4 is 0 Å². The molecular formula is C15H26N2O. The van der Waals surface area contributed by atoms with Crippen molar-refractivity contribution in [1.82, 2.24) is 10.2 Å². The van der Waals surface area contributed by atoms with Gasteiger partial charge >= 0.3 is 0 Å². The SMILES string of the molecule is CCC(NCC(C)N1CCCCC1)c1ccco1. The molecule has 2 heterocycles. The molecule has 1 N–H and O–H groups in total. The fraction of sp³-hybridized carbons (Fsp3) is 0.733. The second-order valence-electron chi connectivity index (χ2n) is 5.33. The van der Waals surface area contributed by atoms with Gasteiger partial charge in [0, 0.05) is 12.6 Å². The molecule has 1 aromatic heterocycles. The summed E-state index contributed by atoms with van der Waals surface area (Å²) >= 11 is 0. The van der Waals surface area contributed by atoms with Crippen LogP contribution < -0.4 is 5.32 Å². The summed E-state index contributed by atoms with van der Waals surface area (Å²) in [5.74, 6) is 1.06. The van der Waals surface area contributed by atoms with Gasteiger partial charge in [0.25, 0.3) is 0 Å². The van der Waals surface area contributed by atoms with Crippen LogP contribution in [0.4, 0.5) is 0 Å². The maximum absolute atomic E-state index is 5.49. The van der Waals surface area contributed by atoms with Gasteiger partial charge in [-0.3, -0.25) is 4.90 Å². The van der Waals surface area contributed by atoms with Gasteiger partial charge in [-0.1, -0.05) is 13.3 Å². The molecule has 0 amide bonds. The van der Waals surface area contributed by atoms with Crippen molar-refractivity contribution in [2.75, 3.05) is 19.6 Å². The van der Waals surface area contributed by atoms with Gasteiger partial charge in [0.05, 0.1) is 12.3 Å². The van der Waals surface area contributed by atoms with Crippen LogP contribution in [0, 0.1) is 0 Å². The molecule has 0 radical (unpaired) electrons. The van der Waals surface area contributed by atoms with E-state index in [4.69, 9.17) is 4.42 Å². The van der Waals surface area contributed by atoms with Crippen LogP contribution >= 0.6 is 0 Å². The lowest BCUT2D eigenvalue weighted by molar-refractivity contribution is 0.166. The Kier molecular flexibility index (Phi) is 5.26. The summed E-state index contributed by atoms with van der Waals surface area (Å²) < 4.78 is 5.49. The van der Waals surface area contributed by atoms with Crippen LogP contribution in [-0.2, 0) is 0 Å². The topological polar surface area (TPSA) is 28.4 Å². The number of piperidine rings is 1. The third-order valence-electron chi connectivity index (χ3n) is 3.97. The van der Waals surface area contributed by atoms with Gasteiger partial charge in [-0.25, -0.2) is 0 Å². The van der Waals surface area contributed by atoms with Crippen LogP contribution in [0.1, 0.15) is 51.3 Å². The lowest BCUT2D eigenvalue weighted by Crippen LogP contribution is -2.43. The summed E-state index contributed by atoms with van der Waals surface area (Å²) in [4.78, 5) is 2.60. The average molecular weight is 250 g/mol. The summed E-state index contributed by atoms with van der Waals surface area (Å²) in [5, 5.41) is 3.63. The standard InChI is InChI=1S/C15H26N2O/c1-3-14(15-8-7-11-18-15)16-12-13(2)17-9-5-4-6-10-17/h7-8,11,13-14,16H,3-6,9-10,12H2,1-2H3. The van der Waals surface area contributed by atoms with Gasteiger partial charge in [-0.2, -0.15) is 0 Å². The maximum Gasteiger partial charge on any atom is 0.120 e. The fourth-order valence-electron chi connectivity index (χ4n) is 2.74. The summed E-state index contributed by atoms with van der Waals surface area (Å²) in [6.07, 6.45) is 6.95. The second-order valence-corrected chi connectivity index (χ2v) is 5.33. The van der Waals surface area contributed by atoms with E-state index in [9.17, 15) is 0 Å². The first-order valence-corrected chi connectivity index (χ1v) is 7.32. The van der Waals surface area contributed by atoms with E-state index in [1.165, 1.54) is 32.4 Å². The first-order chi connectivity index (χ1) is 8.81. The second kappa shape index (κ2) is 6.95. The molecule has 2 unspecified atom stereocenters. The highest BCUT2D eigenvalue weighted by molar-refractivity contribution is 5.04. The summed E-state index contributed by atoms with van der Waals surface area (Å²) in [6, 6.07) is 5.00. The molecule has 1 aliphatic rings. The van der Waals surface area contributed by atoms with Crippen LogP contribution in [0.2, 0.25) is 0 Å². The molecule has 2 atom stereocenters. The molecular weight excluding hydrogens is 224 g/mol. The zero-order chi connectivity index (χ0) is 12.8. The van der Waals surface area contributed by atoms with Gasteiger partial charge in [-0.05, 0) is 51.4 Å². The Hall–Kier alpha value is -0.800. The van der Waals surface area contributed by atoms with Crippen molar-refractivity contribution in [1.29, 1.82) is 0 Å². The lowest BCUT2D eigenvalue weighted by atomic mass is 10.1. The number of likely N-dealkylation sites (tertiary alicyclic amines) is 1. The normalized spacial score (nSPS) is 20.8. The van der Waals surface area contributed by atoms with Crippen LogP contribution in [-0.4, -0.2) is 30.6 Å². The van der Waals surface area contributed by atoms with E-state index in [0.29, 0.717) is 12.1 Å². The first kappa shape index (κ1) is 13.6. The number of hydrogen-bond acceptors (Lipinski definition) is 3. The van der Waals surface area contributed by atoms with Gasteiger partial charge in [0.2, 0.25) is 0 Å². The van der Waals surface area contributed by atoms with Crippen LogP contribution in [0.15, 0.2) is 22.8 Å². The number of rotatable bonds is 6. The average Bonchev–Trinajstić information content (AvgIpc) is 2.94. The molecule has 1 saturated heterocycles. The minimum absolute atomic E-state index is 0.354. The Balaban J connectivity index is 1.78. The highest BCUT2D eigenvalue weighted by atomic mass is 16.3. The Labute approximate surface area is 111 Å². The highest BCUT2D eigenvalue weighted by Gasteiger charge is 2.18. The zero-order valence-corrected chi connectivity index (χ0v) is 11.7. The van der Waals surface area contributed by atoms with E-state index in [-0.39, 0.29) is 0 Å². The van der Waals surface area contributed by atoms with Gasteiger partial charge in [0.15, 0.2) is 0 Å². The van der Waals surface area contributed by atoms with E-state index in [2.05, 4.69) is 30.1 Å². The van der Waals surface area contributed by atoms with E-state index >= 15 is 0 Å². The van der Waals surface area contributed by atoms with Crippen molar-refractivity contribution in [3.63, 3.8) is 0 Å². The minimum atomic E-state index is 0.354. The molecule has 2 rings (SSSR count). The Bertz CT molecular complexity index is 317. The van der Waals surface area contributed by atoms with Crippen LogP contribution in [0.3, 0.4) is 0 Å². The Morgan fingerprint density at radius 1 is 1.33 bits per heavy atom. The molecule has 1 fully saturated rings. The summed E-state index contributed by atoms with van der Waals surface area (Å²) in [6.45, 7) is 8.10. The number of nitrogens with one attached hydrogen (secondary N) is 1. The molecule has 1 aliphatic heterocycles. The Morgan fingerprint density at radius 2 is 2.11 bits per heavy atom. The van der Waals surface area contributed by atoms with Crippen LogP contribution in [0.5, 0.6) is 0 Å². The Morgan fingerprint density at radius 3 is 2.72 bits per heavy atom. The van der Waals surface area contributed by atoms with E-state index in [1.54, 1.807) is 6.26 Å². The fourth-order valence-corrected chi connectivity index (χ4v) is 2.74. The van der Waals surface area contributed by atoms with Crippen molar-refractivity contribution < 1.29 is 4.42 Å². The smallest absolute Gasteiger partial charge is 0.120 e. The largest absolute Gasteiger partial charge is 0.468 e. The molecule has 0 aromatic carbocycles. The van der Waals surface area contributed by atoms with Gasteiger partial charge in [-0.15, -0.1) is 0 Å². The summed E-state index contributed by atoms with van der Waals surface area (Å²) in [5.41, 5.74) is 0. The zero-order valence-electron chi connectivity index (χ0n) is 11.7. The van der Waals surface area contributed by atoms with Crippen molar-refractivity contribution in [3.8, 4) is 0 Å². The number of hydrogen-bond donors (Lipinski definition) is 1. The number of furan rings is 1. The maximum atomic E-state index is 5.49. The summed E-state index contributed by atoms with van der Waals surface area (Å²) in [7, 11) is 0. The highest BCUT2D eigenvalue weighted by Crippen LogP contribution is 2.17. The molecule has 0 saturated carbocycles. The number of nitrogens with zero attached hydrogens (tertiary/aromatic N) is 1. The third-order valence-corrected chi connectivity index (χ3v) is 3.97. The van der Waals surface area contributed by atoms with E-state index in [0.717, 1.165) is 18.7 Å². The molecule has 3 nitrogen and oxygen atoms in total. The van der Waals surface area contributed by atoms with Crippen molar-refractivity contribution in [2.45, 2.75) is 51.6 Å². The molecule has 0 spiro atoms. The van der Waals surface area contributed by atoms with E-state index < -0.39 is 0 Å². The minimum Gasteiger partial charge on any atom is -0.468 e. The first-order valence-electron chi connectivity index (χ1n) is 7.32. The quantitative estimate of drug-likeness (QED) is 0.840. The molecule has 102 valence electrons. The van der Waals surface area contributed by atoms with E-state index in [1.807, 2.05) is 6.07 Å². The van der Waals surface area contributed by atoms with Crippen LogP contribution in [0.25, 0.3) is 0 Å². The molecule has 1 aromatic rings. The predicted octanol–water partition coefficient (Wildman–Crippen LogP) is 3.19. The van der Waals surface area contributed by atoms with Gasteiger partial charge < -0.3 is 9.73 Å². The van der Waals surface area contributed by atoms with Crippen molar-refractivity contribution in [2.24, 2.45) is 0 Å². The molecule has 0 bridgehead atoms. The third kappa shape index (κ3) is 3.59. The predicted molar refractivity (Wildman–Crippen MR) is 74.6 cm³/mol. The van der Waals surface area contributed by atoms with Gasteiger partial charge in [0.1, 0.15) is 5.76 Å². The van der Waals surface area contributed by atoms with Crippen molar-refractivity contribution in [3.05, 3.63) is 24.2 Å². The monoisotopic (exact) mass is 250 g/mol. The lowest BCUT2D eigenvalue weighted by Gasteiger charge is -2.33. The molecule has 0 aliphatic carbocycles.